The highest BCUT2D eigenvalue weighted by molar-refractivity contribution is 6.30. The minimum atomic E-state index is -2.18. The molecule has 5 aliphatic rings. The van der Waals surface area contributed by atoms with Crippen LogP contribution in [0.4, 0.5) is 8.78 Å². The highest BCUT2D eigenvalue weighted by Gasteiger charge is 2.78. The number of carbonyl (C=O) groups is 2. The third kappa shape index (κ3) is 3.66. The molecule has 0 spiro atoms. The van der Waals surface area contributed by atoms with Gasteiger partial charge in [-0.15, -0.1) is 12.4 Å². The Bertz CT molecular complexity index is 1270. The number of Topliss-reactive ketones (excluding diaryl/α,β-unsaturated/α-hetero) is 1. The largest absolute Gasteiger partial charge is 0.390 e. The van der Waals surface area contributed by atoms with E-state index in [-0.39, 0.29) is 54.2 Å². The molecule has 3 saturated carbocycles. The van der Waals surface area contributed by atoms with E-state index in [1.54, 1.807) is 13.0 Å². The second-order valence-corrected chi connectivity index (χ2v) is 13.1. The first-order chi connectivity index (χ1) is 17.9. The van der Waals surface area contributed by atoms with Gasteiger partial charge in [0.05, 0.1) is 11.5 Å². The minimum Gasteiger partial charge on any atom is -0.390 e. The zero-order valence-electron chi connectivity index (χ0n) is 22.1. The van der Waals surface area contributed by atoms with Gasteiger partial charge < -0.3 is 10.2 Å². The van der Waals surface area contributed by atoms with Gasteiger partial charge in [-0.1, -0.05) is 36.7 Å². The van der Waals surface area contributed by atoms with Gasteiger partial charge in [0.25, 0.3) is 0 Å². The average molecular weight is 583 g/mol. The Labute approximate surface area is 238 Å². The number of halogens is 4. The monoisotopic (exact) mass is 581 g/mol. The molecule has 5 nitrogen and oxygen atoms in total. The summed E-state index contributed by atoms with van der Waals surface area (Å²) in [4.78, 5) is 27.9. The Morgan fingerprint density at radius 1 is 1.23 bits per heavy atom. The molecule has 4 fully saturated rings. The molecule has 1 aromatic carbocycles. The SMILES string of the molecule is C[C@]12C=CC(=O)C=C1[C@@H](F)C[C@H]1[C@@H]3C[C@H]4CN(Cc5cccc(Cl)c5)C[C@@]4(C(=O)CO)[C@@]3(C)C[C@H](O)[C@@]12F.Cl. The van der Waals surface area contributed by atoms with Crippen molar-refractivity contribution < 1.29 is 28.6 Å². The van der Waals surface area contributed by atoms with Gasteiger partial charge in [0.2, 0.25) is 0 Å². The lowest BCUT2D eigenvalue weighted by Crippen LogP contribution is -2.69. The van der Waals surface area contributed by atoms with Gasteiger partial charge in [0, 0.05) is 36.0 Å². The Balaban J connectivity index is 0.00000308. The van der Waals surface area contributed by atoms with Gasteiger partial charge in [0.15, 0.2) is 17.2 Å². The number of carbonyl (C=O) groups excluding carboxylic acids is 2. The number of benzene rings is 1. The standard InChI is InChI=1S/C30H34ClF2NO4.ClH/c1-27-7-6-20(36)10-23(27)24(32)11-22-21-9-18-14-34(13-17-4-3-5-19(31)8-17)16-29(18,26(38)15-35)28(21,2)12-25(37)30(22,27)33;/h3-8,10,18,21-22,24-25,35,37H,9,11-16H2,1-2H3;1H/t18-,21-,22-,24-,25-,27-,28-,29+,30-;/m0./s1. The summed E-state index contributed by atoms with van der Waals surface area (Å²) in [6.45, 7) is 4.44. The fourth-order valence-corrected chi connectivity index (χ4v) is 9.75. The number of fused-ring (bicyclic) bond motifs is 7. The number of hydrogen-bond donors (Lipinski definition) is 2. The van der Waals surface area contributed by atoms with E-state index in [0.717, 1.165) is 5.56 Å². The maximum Gasteiger partial charge on any atom is 0.178 e. The molecule has 39 heavy (non-hydrogen) atoms. The molecular weight excluding hydrogens is 547 g/mol. The van der Waals surface area contributed by atoms with Crippen LogP contribution in [0.2, 0.25) is 5.02 Å². The summed E-state index contributed by atoms with van der Waals surface area (Å²) in [5, 5.41) is 22.4. The topological polar surface area (TPSA) is 77.8 Å². The van der Waals surface area contributed by atoms with Crippen LogP contribution in [0, 0.1) is 34.0 Å². The molecule has 0 unspecified atom stereocenters. The van der Waals surface area contributed by atoms with Crippen molar-refractivity contribution in [2.45, 2.75) is 57.6 Å². The van der Waals surface area contributed by atoms with Gasteiger partial charge in [-0.3, -0.25) is 14.5 Å². The van der Waals surface area contributed by atoms with E-state index in [2.05, 4.69) is 4.90 Å². The Morgan fingerprint density at radius 2 is 1.97 bits per heavy atom. The minimum absolute atomic E-state index is 0. The molecule has 1 heterocycles. The van der Waals surface area contributed by atoms with E-state index in [1.807, 2.05) is 25.1 Å². The lowest BCUT2D eigenvalue weighted by molar-refractivity contribution is -0.212. The zero-order valence-corrected chi connectivity index (χ0v) is 23.7. The van der Waals surface area contributed by atoms with E-state index < -0.39 is 46.7 Å². The number of alkyl halides is 2. The van der Waals surface area contributed by atoms with Crippen LogP contribution in [0.5, 0.6) is 0 Å². The molecule has 6 rings (SSSR count). The lowest BCUT2D eigenvalue weighted by Gasteiger charge is -2.63. The Morgan fingerprint density at radius 3 is 2.67 bits per heavy atom. The Hall–Kier alpha value is -1.64. The van der Waals surface area contributed by atoms with Crippen LogP contribution in [0.25, 0.3) is 0 Å². The fourth-order valence-electron chi connectivity index (χ4n) is 9.53. The van der Waals surface area contributed by atoms with Crippen LogP contribution in [0.15, 0.2) is 48.1 Å². The number of nitrogens with zero attached hydrogens (tertiary/aromatic N) is 1. The van der Waals surface area contributed by atoms with Gasteiger partial charge in [0.1, 0.15) is 12.8 Å². The zero-order chi connectivity index (χ0) is 27.3. The molecule has 0 aromatic heterocycles. The molecule has 4 aliphatic carbocycles. The summed E-state index contributed by atoms with van der Waals surface area (Å²) in [5.41, 5.74) is -4.32. The van der Waals surface area contributed by atoms with E-state index in [0.29, 0.717) is 31.1 Å². The van der Waals surface area contributed by atoms with Crippen molar-refractivity contribution in [1.82, 2.24) is 4.90 Å². The molecule has 9 atom stereocenters. The molecule has 9 heteroatoms. The van der Waals surface area contributed by atoms with E-state index in [4.69, 9.17) is 11.6 Å². The number of aliphatic hydroxyl groups excluding tert-OH is 2. The molecule has 0 bridgehead atoms. The molecule has 212 valence electrons. The second-order valence-electron chi connectivity index (χ2n) is 12.6. The summed E-state index contributed by atoms with van der Waals surface area (Å²) in [5.74, 6) is -2.01. The molecule has 0 amide bonds. The number of allylic oxidation sites excluding steroid dienone is 4. The fraction of sp³-hybridized carbons (Fsp3) is 0.600. The molecular formula is C30H35Cl2F2NO4. The number of likely N-dealkylation sites (tertiary alicyclic amines) is 1. The summed E-state index contributed by atoms with van der Waals surface area (Å²) >= 11 is 6.19. The van der Waals surface area contributed by atoms with Gasteiger partial charge in [-0.25, -0.2) is 8.78 Å². The molecule has 1 saturated heterocycles. The van der Waals surface area contributed by atoms with E-state index in [9.17, 15) is 19.8 Å². The first-order valence-corrected chi connectivity index (χ1v) is 13.9. The predicted octanol–water partition coefficient (Wildman–Crippen LogP) is 4.67. The van der Waals surface area contributed by atoms with Crippen molar-refractivity contribution in [3.05, 3.63) is 58.7 Å². The second kappa shape index (κ2) is 9.45. The quantitative estimate of drug-likeness (QED) is 0.540. The lowest BCUT2D eigenvalue weighted by atomic mass is 9.43. The summed E-state index contributed by atoms with van der Waals surface area (Å²) < 4.78 is 33.2. The van der Waals surface area contributed by atoms with Crippen LogP contribution in [-0.2, 0) is 16.1 Å². The van der Waals surface area contributed by atoms with Crippen LogP contribution in [0.3, 0.4) is 0 Å². The van der Waals surface area contributed by atoms with Crippen molar-refractivity contribution in [3.8, 4) is 0 Å². The highest BCUT2D eigenvalue weighted by Crippen LogP contribution is 2.74. The van der Waals surface area contributed by atoms with Crippen molar-refractivity contribution >= 4 is 35.6 Å². The van der Waals surface area contributed by atoms with Crippen LogP contribution in [-0.4, -0.2) is 64.3 Å². The van der Waals surface area contributed by atoms with Crippen LogP contribution < -0.4 is 0 Å². The van der Waals surface area contributed by atoms with Crippen molar-refractivity contribution in [2.75, 3.05) is 19.7 Å². The van der Waals surface area contributed by atoms with E-state index in [1.165, 1.54) is 18.2 Å². The van der Waals surface area contributed by atoms with Crippen LogP contribution in [0.1, 0.15) is 38.7 Å². The Kier molecular flexibility index (Phi) is 7.00. The molecule has 0 radical (unpaired) electrons. The summed E-state index contributed by atoms with van der Waals surface area (Å²) in [6, 6.07) is 7.55. The number of hydrogen-bond acceptors (Lipinski definition) is 5. The normalized spacial score (nSPS) is 44.5. The summed E-state index contributed by atoms with van der Waals surface area (Å²) in [7, 11) is 0. The van der Waals surface area contributed by atoms with E-state index >= 15 is 8.78 Å². The third-order valence-corrected chi connectivity index (χ3v) is 11.4. The summed E-state index contributed by atoms with van der Waals surface area (Å²) in [6.07, 6.45) is 1.33. The molecule has 1 aliphatic heterocycles. The third-order valence-electron chi connectivity index (χ3n) is 11.2. The number of rotatable bonds is 4. The van der Waals surface area contributed by atoms with Crippen LogP contribution >= 0.6 is 24.0 Å². The van der Waals surface area contributed by atoms with Crippen molar-refractivity contribution in [2.24, 2.45) is 34.0 Å². The first-order valence-electron chi connectivity index (χ1n) is 13.5. The maximum atomic E-state index is 17.4. The van der Waals surface area contributed by atoms with Gasteiger partial charge >= 0.3 is 0 Å². The molecule has 2 N–H and O–H groups in total. The first kappa shape index (κ1) is 28.9. The van der Waals surface area contributed by atoms with Crippen molar-refractivity contribution in [1.29, 1.82) is 0 Å². The number of aliphatic hydroxyl groups is 2. The average Bonchev–Trinajstić information content (AvgIpc) is 3.34. The van der Waals surface area contributed by atoms with Gasteiger partial charge in [-0.05, 0) is 78.9 Å². The molecule has 1 aromatic rings. The predicted molar refractivity (Wildman–Crippen MR) is 146 cm³/mol. The maximum absolute atomic E-state index is 17.4. The smallest absolute Gasteiger partial charge is 0.178 e. The highest BCUT2D eigenvalue weighted by atomic mass is 35.5. The van der Waals surface area contributed by atoms with Crippen molar-refractivity contribution in [3.63, 3.8) is 0 Å². The van der Waals surface area contributed by atoms with Gasteiger partial charge in [-0.2, -0.15) is 0 Å². The number of ketones is 2.